The zero-order valence-electron chi connectivity index (χ0n) is 12.6. The fraction of sp³-hybridized carbons (Fsp3) is 0.294. The number of phenols is 1. The lowest BCUT2D eigenvalue weighted by Gasteiger charge is -2.16. The molecule has 0 aliphatic carbocycles. The second kappa shape index (κ2) is 6.99. The van der Waals surface area contributed by atoms with Gasteiger partial charge in [0.15, 0.2) is 0 Å². The van der Waals surface area contributed by atoms with E-state index in [-0.39, 0.29) is 11.8 Å². The van der Waals surface area contributed by atoms with Crippen LogP contribution < -0.4 is 14.8 Å². The lowest BCUT2D eigenvalue weighted by atomic mass is 10.1. The van der Waals surface area contributed by atoms with Crippen molar-refractivity contribution in [3.05, 3.63) is 53.6 Å². The van der Waals surface area contributed by atoms with E-state index in [1.165, 1.54) is 0 Å². The summed E-state index contributed by atoms with van der Waals surface area (Å²) in [7, 11) is 3.27. The highest BCUT2D eigenvalue weighted by atomic mass is 16.5. The Hall–Kier alpha value is -2.20. The van der Waals surface area contributed by atoms with Crippen molar-refractivity contribution in [1.29, 1.82) is 0 Å². The summed E-state index contributed by atoms with van der Waals surface area (Å²) in [5, 5.41) is 13.3. The Labute approximate surface area is 125 Å². The van der Waals surface area contributed by atoms with Gasteiger partial charge in [0.25, 0.3) is 0 Å². The van der Waals surface area contributed by atoms with E-state index in [0.717, 1.165) is 22.6 Å². The van der Waals surface area contributed by atoms with E-state index in [0.29, 0.717) is 6.54 Å². The van der Waals surface area contributed by atoms with Crippen molar-refractivity contribution in [3.63, 3.8) is 0 Å². The van der Waals surface area contributed by atoms with Gasteiger partial charge in [-0.25, -0.2) is 0 Å². The Kier molecular flexibility index (Phi) is 5.06. The molecule has 112 valence electrons. The van der Waals surface area contributed by atoms with Crippen LogP contribution in [0, 0.1) is 0 Å². The van der Waals surface area contributed by atoms with E-state index < -0.39 is 0 Å². The number of benzene rings is 2. The van der Waals surface area contributed by atoms with Crippen LogP contribution in [0.5, 0.6) is 17.2 Å². The van der Waals surface area contributed by atoms with E-state index in [1.54, 1.807) is 26.4 Å². The molecule has 21 heavy (non-hydrogen) atoms. The highest BCUT2D eigenvalue weighted by Crippen LogP contribution is 2.24. The number of rotatable bonds is 6. The third-order valence-corrected chi connectivity index (χ3v) is 3.48. The monoisotopic (exact) mass is 287 g/mol. The summed E-state index contributed by atoms with van der Waals surface area (Å²) in [5.41, 5.74) is 1.95. The summed E-state index contributed by atoms with van der Waals surface area (Å²) in [4.78, 5) is 0. The molecule has 4 nitrogen and oxygen atoms in total. The van der Waals surface area contributed by atoms with Crippen LogP contribution in [0.2, 0.25) is 0 Å². The topological polar surface area (TPSA) is 50.7 Å². The minimum absolute atomic E-state index is 0.144. The van der Waals surface area contributed by atoms with Crippen LogP contribution in [0.4, 0.5) is 0 Å². The summed E-state index contributed by atoms with van der Waals surface area (Å²) in [6, 6.07) is 13.3. The number of ether oxygens (including phenoxy) is 2. The number of methoxy groups -OCH3 is 2. The van der Waals surface area contributed by atoms with E-state index in [1.807, 2.05) is 30.3 Å². The van der Waals surface area contributed by atoms with Crippen molar-refractivity contribution in [1.82, 2.24) is 5.32 Å². The Bertz CT molecular complexity index is 598. The first-order valence-corrected chi connectivity index (χ1v) is 6.87. The van der Waals surface area contributed by atoms with Gasteiger partial charge >= 0.3 is 0 Å². The van der Waals surface area contributed by atoms with E-state index in [2.05, 4.69) is 12.2 Å². The van der Waals surface area contributed by atoms with Gasteiger partial charge in [-0.15, -0.1) is 0 Å². The zero-order valence-corrected chi connectivity index (χ0v) is 12.6. The van der Waals surface area contributed by atoms with Crippen LogP contribution in [-0.2, 0) is 6.54 Å². The largest absolute Gasteiger partial charge is 0.508 e. The molecule has 2 aromatic carbocycles. The highest BCUT2D eigenvalue weighted by Gasteiger charge is 2.08. The van der Waals surface area contributed by atoms with Crippen molar-refractivity contribution >= 4 is 0 Å². The van der Waals surface area contributed by atoms with Gasteiger partial charge in [0.05, 0.1) is 14.2 Å². The van der Waals surface area contributed by atoms with Crippen LogP contribution in [0.1, 0.15) is 24.1 Å². The summed E-state index contributed by atoms with van der Waals surface area (Å²) in [6.45, 7) is 2.63. The molecule has 0 spiro atoms. The lowest BCUT2D eigenvalue weighted by molar-refractivity contribution is 0.409. The van der Waals surface area contributed by atoms with Crippen molar-refractivity contribution < 1.29 is 14.6 Å². The summed E-state index contributed by atoms with van der Waals surface area (Å²) < 4.78 is 10.4. The molecular weight excluding hydrogens is 266 g/mol. The third kappa shape index (κ3) is 3.89. The minimum atomic E-state index is 0.144. The second-order valence-electron chi connectivity index (χ2n) is 4.87. The quantitative estimate of drug-likeness (QED) is 0.856. The number of hydrogen-bond acceptors (Lipinski definition) is 4. The summed E-state index contributed by atoms with van der Waals surface area (Å²) in [5.74, 6) is 1.84. The maximum atomic E-state index is 9.88. The van der Waals surface area contributed by atoms with Crippen LogP contribution >= 0.6 is 0 Å². The highest BCUT2D eigenvalue weighted by molar-refractivity contribution is 5.39. The van der Waals surface area contributed by atoms with E-state index in [4.69, 9.17) is 9.47 Å². The van der Waals surface area contributed by atoms with Gasteiger partial charge in [0.1, 0.15) is 17.2 Å². The summed E-state index contributed by atoms with van der Waals surface area (Å²) in [6.07, 6.45) is 0. The van der Waals surface area contributed by atoms with Gasteiger partial charge in [-0.05, 0) is 42.8 Å². The third-order valence-electron chi connectivity index (χ3n) is 3.48. The van der Waals surface area contributed by atoms with Gasteiger partial charge in [-0.2, -0.15) is 0 Å². The van der Waals surface area contributed by atoms with Gasteiger partial charge in [-0.3, -0.25) is 0 Å². The van der Waals surface area contributed by atoms with Crippen LogP contribution in [0.25, 0.3) is 0 Å². The first kappa shape index (κ1) is 15.2. The molecule has 0 aromatic heterocycles. The average molecular weight is 287 g/mol. The fourth-order valence-corrected chi connectivity index (χ4v) is 2.12. The number of nitrogens with one attached hydrogen (secondary N) is 1. The molecule has 0 aliphatic heterocycles. The first-order chi connectivity index (χ1) is 10.1. The molecule has 0 amide bonds. The lowest BCUT2D eigenvalue weighted by Crippen LogP contribution is -2.18. The van der Waals surface area contributed by atoms with Crippen molar-refractivity contribution in [3.8, 4) is 17.2 Å². The Balaban J connectivity index is 2.05. The Morgan fingerprint density at radius 1 is 1.05 bits per heavy atom. The molecule has 2 aromatic rings. The molecule has 0 radical (unpaired) electrons. The minimum Gasteiger partial charge on any atom is -0.508 e. The molecule has 0 aliphatic rings. The predicted molar refractivity (Wildman–Crippen MR) is 82.9 cm³/mol. The molecule has 0 unspecified atom stereocenters. The normalized spacial score (nSPS) is 12.0. The van der Waals surface area contributed by atoms with Gasteiger partial charge < -0.3 is 19.9 Å². The fourth-order valence-electron chi connectivity index (χ4n) is 2.12. The molecule has 2 N–H and O–H groups in total. The van der Waals surface area contributed by atoms with E-state index >= 15 is 0 Å². The molecule has 1 atom stereocenters. The van der Waals surface area contributed by atoms with Crippen molar-refractivity contribution in [2.75, 3.05) is 14.2 Å². The molecule has 2 rings (SSSR count). The Morgan fingerprint density at radius 3 is 2.48 bits per heavy atom. The van der Waals surface area contributed by atoms with Crippen LogP contribution in [0.15, 0.2) is 42.5 Å². The van der Waals surface area contributed by atoms with Crippen LogP contribution in [0.3, 0.4) is 0 Å². The molecule has 0 heterocycles. The van der Waals surface area contributed by atoms with Gasteiger partial charge in [0, 0.05) is 18.2 Å². The smallest absolute Gasteiger partial charge is 0.120 e. The first-order valence-electron chi connectivity index (χ1n) is 6.87. The molecule has 4 heteroatoms. The molecular formula is C17H21NO3. The SMILES string of the molecule is COc1cccc([C@@H](C)NCc2cc(OC)ccc2O)c1. The van der Waals surface area contributed by atoms with Crippen LogP contribution in [-0.4, -0.2) is 19.3 Å². The number of aromatic hydroxyl groups is 1. The van der Waals surface area contributed by atoms with Crippen molar-refractivity contribution in [2.45, 2.75) is 19.5 Å². The standard InChI is InChI=1S/C17H21NO3/c1-12(13-5-4-6-15(9-13)20-2)18-11-14-10-16(21-3)7-8-17(14)19/h4-10,12,18-19H,11H2,1-3H3/t12-/m1/s1. The molecule has 0 bridgehead atoms. The number of phenolic OH excluding ortho intramolecular Hbond substituents is 1. The second-order valence-corrected chi connectivity index (χ2v) is 4.87. The Morgan fingerprint density at radius 2 is 1.76 bits per heavy atom. The predicted octanol–water partition coefficient (Wildman–Crippen LogP) is 3.26. The van der Waals surface area contributed by atoms with E-state index in [9.17, 15) is 5.11 Å². The zero-order chi connectivity index (χ0) is 15.2. The molecule has 0 saturated heterocycles. The molecule has 0 saturated carbocycles. The van der Waals surface area contributed by atoms with Gasteiger partial charge in [-0.1, -0.05) is 12.1 Å². The maximum Gasteiger partial charge on any atom is 0.120 e. The van der Waals surface area contributed by atoms with Crippen molar-refractivity contribution in [2.24, 2.45) is 0 Å². The average Bonchev–Trinajstić information content (AvgIpc) is 2.53. The number of hydrogen-bond donors (Lipinski definition) is 2. The van der Waals surface area contributed by atoms with Gasteiger partial charge in [0.2, 0.25) is 0 Å². The molecule has 0 fully saturated rings. The summed E-state index contributed by atoms with van der Waals surface area (Å²) >= 11 is 0. The maximum absolute atomic E-state index is 9.88.